The molecule has 1 atom stereocenters. The molecule has 0 spiro atoms. The molecule has 28 heavy (non-hydrogen) atoms. The third kappa shape index (κ3) is 3.19. The zero-order valence-electron chi connectivity index (χ0n) is 15.8. The normalized spacial score (nSPS) is 19.5. The van der Waals surface area contributed by atoms with Gasteiger partial charge in [0.2, 0.25) is 0 Å². The van der Waals surface area contributed by atoms with E-state index in [9.17, 15) is 4.79 Å². The topological polar surface area (TPSA) is 61.5 Å². The molecule has 2 aliphatic rings. The van der Waals surface area contributed by atoms with Crippen molar-refractivity contribution in [2.45, 2.75) is 25.4 Å². The maximum absolute atomic E-state index is 12.9. The summed E-state index contributed by atoms with van der Waals surface area (Å²) in [6.45, 7) is 3.37. The van der Waals surface area contributed by atoms with Gasteiger partial charge in [-0.15, -0.1) is 0 Å². The lowest BCUT2D eigenvalue weighted by molar-refractivity contribution is 0.0767. The second-order valence-corrected chi connectivity index (χ2v) is 7.57. The number of hydrogen-bond acceptors (Lipinski definition) is 4. The van der Waals surface area contributed by atoms with E-state index in [0.29, 0.717) is 18.8 Å². The van der Waals surface area contributed by atoms with Gasteiger partial charge in [0.1, 0.15) is 11.8 Å². The molecule has 0 aliphatic carbocycles. The molecule has 2 aromatic heterocycles. The summed E-state index contributed by atoms with van der Waals surface area (Å²) in [5, 5.41) is 1.06. The molecular formula is C22H24N4O2. The fourth-order valence-corrected chi connectivity index (χ4v) is 4.19. The minimum Gasteiger partial charge on any atom is -0.485 e. The van der Waals surface area contributed by atoms with Crippen molar-refractivity contribution in [3.05, 3.63) is 54.4 Å². The Labute approximate surface area is 164 Å². The van der Waals surface area contributed by atoms with Crippen molar-refractivity contribution in [3.63, 3.8) is 0 Å². The molecule has 6 nitrogen and oxygen atoms in total. The van der Waals surface area contributed by atoms with Crippen molar-refractivity contribution in [1.29, 1.82) is 0 Å². The Kier molecular flexibility index (Phi) is 4.39. The first-order valence-electron chi connectivity index (χ1n) is 10.0. The number of H-pyrrole nitrogens is 1. The van der Waals surface area contributed by atoms with E-state index >= 15 is 0 Å². The van der Waals surface area contributed by atoms with Crippen LogP contribution in [0.25, 0.3) is 10.9 Å². The second kappa shape index (κ2) is 7.19. The van der Waals surface area contributed by atoms with Gasteiger partial charge in [-0.1, -0.05) is 18.2 Å². The van der Waals surface area contributed by atoms with Crippen LogP contribution in [0, 0.1) is 0 Å². The number of anilines is 1. The number of likely N-dealkylation sites (tertiary alicyclic amines) is 1. The van der Waals surface area contributed by atoms with Crippen LogP contribution in [0.2, 0.25) is 0 Å². The zero-order chi connectivity index (χ0) is 18.9. The summed E-state index contributed by atoms with van der Waals surface area (Å²) in [5.74, 6) is 1.79. The van der Waals surface area contributed by atoms with E-state index in [-0.39, 0.29) is 12.0 Å². The number of nitrogens with one attached hydrogen (secondary N) is 1. The van der Waals surface area contributed by atoms with E-state index in [1.807, 2.05) is 53.6 Å². The maximum atomic E-state index is 12.9. The lowest BCUT2D eigenvalue weighted by Crippen LogP contribution is -2.31. The van der Waals surface area contributed by atoms with Gasteiger partial charge in [-0.2, -0.15) is 0 Å². The Balaban J connectivity index is 1.28. The van der Waals surface area contributed by atoms with Crippen molar-refractivity contribution in [3.8, 4) is 5.75 Å². The van der Waals surface area contributed by atoms with Crippen molar-refractivity contribution in [1.82, 2.24) is 14.9 Å². The van der Waals surface area contributed by atoms with Crippen molar-refractivity contribution < 1.29 is 9.53 Å². The summed E-state index contributed by atoms with van der Waals surface area (Å²) >= 11 is 0. The molecule has 2 fully saturated rings. The summed E-state index contributed by atoms with van der Waals surface area (Å²) in [5.41, 5.74) is 1.63. The number of aromatic nitrogens is 2. The fraction of sp³-hybridized carbons (Fsp3) is 0.364. The number of carbonyl (C=O) groups is 1. The SMILES string of the molecule is O=C(c1cc2ccccc2[nH]1)N1CCC(Oc2cccnc2N2CCCC2)C1. The zero-order valence-corrected chi connectivity index (χ0v) is 15.8. The first-order chi connectivity index (χ1) is 13.8. The van der Waals surface area contributed by atoms with Crippen LogP contribution >= 0.6 is 0 Å². The van der Waals surface area contributed by atoms with Gasteiger partial charge in [0.15, 0.2) is 11.6 Å². The number of ether oxygens (including phenoxy) is 1. The van der Waals surface area contributed by atoms with E-state index in [1.165, 1.54) is 12.8 Å². The van der Waals surface area contributed by atoms with Crippen LogP contribution in [0.5, 0.6) is 5.75 Å². The third-order valence-electron chi connectivity index (χ3n) is 5.64. The summed E-state index contributed by atoms with van der Waals surface area (Å²) in [4.78, 5) is 24.9. The molecule has 0 bridgehead atoms. The number of rotatable bonds is 4. The van der Waals surface area contributed by atoms with Gasteiger partial charge in [-0.3, -0.25) is 4.79 Å². The summed E-state index contributed by atoms with van der Waals surface area (Å²) in [6, 6.07) is 13.8. The van der Waals surface area contributed by atoms with Crippen LogP contribution in [0.4, 0.5) is 5.82 Å². The fourth-order valence-electron chi connectivity index (χ4n) is 4.19. The minimum atomic E-state index is -0.00104. The van der Waals surface area contributed by atoms with Gasteiger partial charge in [0.05, 0.1) is 6.54 Å². The van der Waals surface area contributed by atoms with Crippen LogP contribution in [0.3, 0.4) is 0 Å². The van der Waals surface area contributed by atoms with E-state index in [4.69, 9.17) is 4.74 Å². The highest BCUT2D eigenvalue weighted by Crippen LogP contribution is 2.30. The lowest BCUT2D eigenvalue weighted by Gasteiger charge is -2.22. The average molecular weight is 376 g/mol. The molecule has 2 saturated heterocycles. The third-order valence-corrected chi connectivity index (χ3v) is 5.64. The van der Waals surface area contributed by atoms with Gasteiger partial charge >= 0.3 is 0 Å². The van der Waals surface area contributed by atoms with Gasteiger partial charge in [0.25, 0.3) is 5.91 Å². The molecule has 1 unspecified atom stereocenters. The first-order valence-corrected chi connectivity index (χ1v) is 10.0. The van der Waals surface area contributed by atoms with Crippen molar-refractivity contribution in [2.75, 3.05) is 31.1 Å². The quantitative estimate of drug-likeness (QED) is 0.758. The summed E-state index contributed by atoms with van der Waals surface area (Å²) in [7, 11) is 0. The van der Waals surface area contributed by atoms with Crippen LogP contribution in [0.15, 0.2) is 48.7 Å². The Hall–Kier alpha value is -3.02. The molecule has 144 valence electrons. The standard InChI is InChI=1S/C22H24N4O2/c27-22(19-14-16-6-1-2-7-18(16)24-19)26-13-9-17(15-26)28-20-8-5-10-23-21(20)25-11-3-4-12-25/h1-2,5-8,10,14,17,24H,3-4,9,11-13,15H2. The van der Waals surface area contributed by atoms with Crippen molar-refractivity contribution in [2.24, 2.45) is 0 Å². The highest BCUT2D eigenvalue weighted by molar-refractivity contribution is 5.98. The molecule has 3 aromatic rings. The lowest BCUT2D eigenvalue weighted by atomic mass is 10.2. The van der Waals surface area contributed by atoms with Crippen molar-refractivity contribution >= 4 is 22.6 Å². The maximum Gasteiger partial charge on any atom is 0.270 e. The molecule has 0 saturated carbocycles. The Morgan fingerprint density at radius 1 is 1.11 bits per heavy atom. The number of amides is 1. The number of pyridine rings is 1. The number of aromatic amines is 1. The smallest absolute Gasteiger partial charge is 0.270 e. The number of nitrogens with zero attached hydrogens (tertiary/aromatic N) is 3. The van der Waals surface area contributed by atoms with E-state index in [0.717, 1.165) is 42.0 Å². The molecule has 1 amide bonds. The second-order valence-electron chi connectivity index (χ2n) is 7.57. The monoisotopic (exact) mass is 376 g/mol. The molecule has 5 rings (SSSR count). The largest absolute Gasteiger partial charge is 0.485 e. The first kappa shape index (κ1) is 17.1. The number of para-hydroxylation sites is 1. The molecule has 1 N–H and O–H groups in total. The number of fused-ring (bicyclic) bond motifs is 1. The Bertz CT molecular complexity index is 960. The van der Waals surface area contributed by atoms with Crippen LogP contribution in [-0.2, 0) is 0 Å². The van der Waals surface area contributed by atoms with E-state index in [2.05, 4.69) is 14.9 Å². The number of hydrogen-bond donors (Lipinski definition) is 1. The van der Waals surface area contributed by atoms with E-state index < -0.39 is 0 Å². The number of carbonyl (C=O) groups excluding carboxylic acids is 1. The number of benzene rings is 1. The van der Waals surface area contributed by atoms with Gasteiger partial charge in [-0.05, 0) is 37.1 Å². The van der Waals surface area contributed by atoms with Crippen LogP contribution < -0.4 is 9.64 Å². The molecular weight excluding hydrogens is 352 g/mol. The minimum absolute atomic E-state index is 0.00104. The summed E-state index contributed by atoms with van der Waals surface area (Å²) in [6.07, 6.45) is 5.05. The van der Waals surface area contributed by atoms with Crippen LogP contribution in [0.1, 0.15) is 29.8 Å². The molecule has 0 radical (unpaired) electrons. The predicted octanol–water partition coefficient (Wildman–Crippen LogP) is 3.46. The Morgan fingerprint density at radius 2 is 1.96 bits per heavy atom. The van der Waals surface area contributed by atoms with Gasteiger partial charge in [0, 0.05) is 43.2 Å². The molecule has 2 aliphatic heterocycles. The Morgan fingerprint density at radius 3 is 2.82 bits per heavy atom. The highest BCUT2D eigenvalue weighted by Gasteiger charge is 2.30. The van der Waals surface area contributed by atoms with Gasteiger partial charge < -0.3 is 19.5 Å². The van der Waals surface area contributed by atoms with Gasteiger partial charge in [-0.25, -0.2) is 4.98 Å². The van der Waals surface area contributed by atoms with Crippen LogP contribution in [-0.4, -0.2) is 53.1 Å². The average Bonchev–Trinajstić information content (AvgIpc) is 3.48. The molecule has 6 heteroatoms. The van der Waals surface area contributed by atoms with E-state index in [1.54, 1.807) is 0 Å². The predicted molar refractivity (Wildman–Crippen MR) is 109 cm³/mol. The summed E-state index contributed by atoms with van der Waals surface area (Å²) < 4.78 is 6.29. The molecule has 1 aromatic carbocycles. The highest BCUT2D eigenvalue weighted by atomic mass is 16.5. The molecule has 4 heterocycles.